The maximum Gasteiger partial charge on any atom is 0.262 e. The zero-order valence-corrected chi connectivity index (χ0v) is 30.5. The quantitative estimate of drug-likeness (QED) is 0.240. The van der Waals surface area contributed by atoms with E-state index in [1.54, 1.807) is 17.0 Å². The van der Waals surface area contributed by atoms with Gasteiger partial charge in [0.25, 0.3) is 11.8 Å². The third kappa shape index (κ3) is 6.67. The van der Waals surface area contributed by atoms with E-state index >= 15 is 0 Å². The van der Waals surface area contributed by atoms with E-state index in [0.717, 1.165) is 97.6 Å². The molecule has 3 aromatic rings. The van der Waals surface area contributed by atoms with Gasteiger partial charge in [0, 0.05) is 82.8 Å². The van der Waals surface area contributed by atoms with Crippen LogP contribution in [0.4, 0.5) is 34.1 Å². The van der Waals surface area contributed by atoms with Crippen LogP contribution in [0.2, 0.25) is 5.02 Å². The molecule has 5 heterocycles. The molecule has 4 N–H and O–H groups in total. The van der Waals surface area contributed by atoms with Gasteiger partial charge in [0.15, 0.2) is 0 Å². The summed E-state index contributed by atoms with van der Waals surface area (Å²) in [5, 5.41) is 6.28. The van der Waals surface area contributed by atoms with Gasteiger partial charge in [-0.3, -0.25) is 39.1 Å². The third-order valence-corrected chi connectivity index (χ3v) is 11.8. The number of halogens is 1. The van der Waals surface area contributed by atoms with Crippen molar-refractivity contribution in [3.8, 4) is 0 Å². The molecule has 0 aliphatic carbocycles. The number of hydrogen-bond acceptors (Lipinski definition) is 10. The number of piperazine rings is 1. The molecule has 5 aliphatic rings. The fourth-order valence-electron chi connectivity index (χ4n) is 8.40. The lowest BCUT2D eigenvalue weighted by atomic mass is 9.95. The second kappa shape index (κ2) is 14.0. The van der Waals surface area contributed by atoms with E-state index in [4.69, 9.17) is 17.3 Å². The molecule has 0 radical (unpaired) electrons. The fourth-order valence-corrected chi connectivity index (χ4v) is 8.62. The SMILES string of the molecule is CN1C(=O)CCc2cc(Nc3cc(N4CCC(CN5CCN(c6ccc7c(c6)C(=O)N(C6CCC(=O)NC6=O)C7=O)CC5)CC4)c(N)cc3Cl)ccc21. The molecule has 3 aromatic carbocycles. The number of nitrogens with one attached hydrogen (secondary N) is 2. The maximum atomic E-state index is 13.3. The summed E-state index contributed by atoms with van der Waals surface area (Å²) in [6.07, 6.45) is 3.55. The number of imide groups is 2. The molecule has 0 saturated carbocycles. The van der Waals surface area contributed by atoms with Crippen LogP contribution < -0.4 is 31.1 Å². The molecule has 13 nitrogen and oxygen atoms in total. The molecule has 1 atom stereocenters. The number of rotatable bonds is 7. The lowest BCUT2D eigenvalue weighted by Crippen LogP contribution is -2.54. The lowest BCUT2D eigenvalue weighted by Gasteiger charge is -2.40. The largest absolute Gasteiger partial charge is 0.397 e. The smallest absolute Gasteiger partial charge is 0.262 e. The molecule has 3 fully saturated rings. The van der Waals surface area contributed by atoms with Gasteiger partial charge in [-0.2, -0.15) is 0 Å². The Morgan fingerprint density at radius 1 is 0.792 bits per heavy atom. The number of nitrogen functional groups attached to an aromatic ring is 1. The Kier molecular flexibility index (Phi) is 9.23. The van der Waals surface area contributed by atoms with E-state index in [9.17, 15) is 24.0 Å². The maximum absolute atomic E-state index is 13.3. The van der Waals surface area contributed by atoms with E-state index in [0.29, 0.717) is 40.6 Å². The van der Waals surface area contributed by atoms with Crippen molar-refractivity contribution in [1.29, 1.82) is 0 Å². The van der Waals surface area contributed by atoms with Gasteiger partial charge >= 0.3 is 0 Å². The van der Waals surface area contributed by atoms with Gasteiger partial charge in [0.05, 0.1) is 33.2 Å². The van der Waals surface area contributed by atoms with Crippen molar-refractivity contribution >= 4 is 75.3 Å². The Morgan fingerprint density at radius 3 is 2.30 bits per heavy atom. The van der Waals surface area contributed by atoms with Crippen molar-refractivity contribution in [2.75, 3.05) is 78.6 Å². The Labute approximate surface area is 313 Å². The number of carbonyl (C=O) groups is 5. The Morgan fingerprint density at radius 2 is 1.55 bits per heavy atom. The first-order valence-electron chi connectivity index (χ1n) is 18.4. The Balaban J connectivity index is 0.844. The Hall–Kier alpha value is -5.14. The molecule has 14 heteroatoms. The average Bonchev–Trinajstić information content (AvgIpc) is 3.40. The van der Waals surface area contributed by atoms with Crippen molar-refractivity contribution < 1.29 is 24.0 Å². The van der Waals surface area contributed by atoms with E-state index < -0.39 is 29.7 Å². The number of benzene rings is 3. The second-order valence-electron chi connectivity index (χ2n) is 14.7. The molecule has 8 rings (SSSR count). The van der Waals surface area contributed by atoms with Gasteiger partial charge in [-0.15, -0.1) is 0 Å². The minimum absolute atomic E-state index is 0.0928. The van der Waals surface area contributed by atoms with E-state index in [1.165, 1.54) is 0 Å². The first-order chi connectivity index (χ1) is 25.5. The molecule has 5 amide bonds. The lowest BCUT2D eigenvalue weighted by molar-refractivity contribution is -0.136. The van der Waals surface area contributed by atoms with E-state index in [-0.39, 0.29) is 18.7 Å². The normalized spacial score (nSPS) is 21.2. The topological polar surface area (TPSA) is 152 Å². The van der Waals surface area contributed by atoms with Crippen LogP contribution in [0, 0.1) is 5.92 Å². The molecule has 5 aliphatic heterocycles. The molecular formula is C39H43ClN8O5. The third-order valence-electron chi connectivity index (χ3n) is 11.5. The van der Waals surface area contributed by atoms with Gasteiger partial charge in [-0.1, -0.05) is 11.6 Å². The average molecular weight is 739 g/mol. The monoisotopic (exact) mass is 738 g/mol. The van der Waals surface area contributed by atoms with E-state index in [1.807, 2.05) is 37.4 Å². The highest BCUT2D eigenvalue weighted by atomic mass is 35.5. The number of nitrogens with two attached hydrogens (primary N) is 1. The van der Waals surface area contributed by atoms with Crippen molar-refractivity contribution in [1.82, 2.24) is 15.1 Å². The molecule has 1 unspecified atom stereocenters. The molecule has 53 heavy (non-hydrogen) atoms. The van der Waals surface area contributed by atoms with Gasteiger partial charge in [-0.25, -0.2) is 0 Å². The first-order valence-corrected chi connectivity index (χ1v) is 18.7. The number of aryl methyl sites for hydroxylation is 1. The highest BCUT2D eigenvalue weighted by Crippen LogP contribution is 2.38. The van der Waals surface area contributed by atoms with Crippen LogP contribution in [0.3, 0.4) is 0 Å². The standard InChI is InChI=1S/C39H43ClN8O5/c1-44-32-6-3-25(18-24(32)2-9-36(44)50)42-31-21-34(30(41)20-29(31)40)47-12-10-23(11-13-47)22-45-14-16-46(17-15-45)26-4-5-27-28(19-26)39(53)48(38(27)52)33-7-8-35(49)43-37(33)51/h3-6,18-21,23,33,42H,2,7-17,22,41H2,1H3,(H,43,49,51). The summed E-state index contributed by atoms with van der Waals surface area (Å²) in [5.74, 6) is -1.28. The summed E-state index contributed by atoms with van der Waals surface area (Å²) in [6.45, 7) is 6.18. The number of amides is 5. The van der Waals surface area contributed by atoms with Crippen LogP contribution in [-0.4, -0.2) is 98.2 Å². The summed E-state index contributed by atoms with van der Waals surface area (Å²) in [5.41, 5.74) is 13.4. The van der Waals surface area contributed by atoms with Crippen molar-refractivity contribution in [3.63, 3.8) is 0 Å². The number of piperidine rings is 2. The number of carbonyl (C=O) groups excluding carboxylic acids is 5. The van der Waals surface area contributed by atoms with Crippen LogP contribution in [0.15, 0.2) is 48.5 Å². The highest BCUT2D eigenvalue weighted by Gasteiger charge is 2.45. The predicted molar refractivity (Wildman–Crippen MR) is 204 cm³/mol. The van der Waals surface area contributed by atoms with Gasteiger partial charge < -0.3 is 25.8 Å². The van der Waals surface area contributed by atoms with Crippen LogP contribution in [0.1, 0.15) is 58.4 Å². The summed E-state index contributed by atoms with van der Waals surface area (Å²) in [7, 11) is 1.81. The summed E-state index contributed by atoms with van der Waals surface area (Å²) >= 11 is 6.66. The van der Waals surface area contributed by atoms with E-state index in [2.05, 4.69) is 31.4 Å². The van der Waals surface area contributed by atoms with Crippen molar-refractivity contribution in [3.05, 3.63) is 70.2 Å². The molecule has 0 spiro atoms. The minimum atomic E-state index is -0.972. The number of nitrogens with zero attached hydrogens (tertiary/aromatic N) is 5. The number of anilines is 6. The van der Waals surface area contributed by atoms with Gasteiger partial charge in [0.2, 0.25) is 17.7 Å². The van der Waals surface area contributed by atoms with Crippen LogP contribution in [0.25, 0.3) is 0 Å². The van der Waals surface area contributed by atoms with Crippen LogP contribution in [0.5, 0.6) is 0 Å². The molecule has 0 aromatic heterocycles. The second-order valence-corrected chi connectivity index (χ2v) is 15.1. The van der Waals surface area contributed by atoms with Gasteiger partial charge in [0.1, 0.15) is 6.04 Å². The van der Waals surface area contributed by atoms with Gasteiger partial charge in [-0.05, 0) is 85.7 Å². The molecule has 0 bridgehead atoms. The van der Waals surface area contributed by atoms with Crippen LogP contribution in [-0.2, 0) is 20.8 Å². The summed E-state index contributed by atoms with van der Waals surface area (Å²) in [4.78, 5) is 72.4. The summed E-state index contributed by atoms with van der Waals surface area (Å²) < 4.78 is 0. The predicted octanol–water partition coefficient (Wildman–Crippen LogP) is 4.01. The molecule has 3 saturated heterocycles. The van der Waals surface area contributed by atoms with Crippen LogP contribution >= 0.6 is 11.6 Å². The first kappa shape index (κ1) is 34.9. The minimum Gasteiger partial charge on any atom is -0.397 e. The van der Waals surface area contributed by atoms with Crippen molar-refractivity contribution in [2.24, 2.45) is 5.92 Å². The molecule has 276 valence electrons. The van der Waals surface area contributed by atoms with Crippen molar-refractivity contribution in [2.45, 2.75) is 44.6 Å². The zero-order valence-electron chi connectivity index (χ0n) is 29.7. The zero-order chi connectivity index (χ0) is 37.0. The fraction of sp³-hybridized carbons (Fsp3) is 0.410. The molecular weight excluding hydrogens is 696 g/mol. The summed E-state index contributed by atoms with van der Waals surface area (Å²) in [6, 6.07) is 14.3. The highest BCUT2D eigenvalue weighted by molar-refractivity contribution is 6.34. The number of fused-ring (bicyclic) bond motifs is 2. The number of hydrogen-bond donors (Lipinski definition) is 3. The Bertz CT molecular complexity index is 2020.